The highest BCUT2D eigenvalue weighted by Crippen LogP contribution is 2.28. The van der Waals surface area contributed by atoms with Crippen LogP contribution in [0.3, 0.4) is 0 Å². The third-order valence-corrected chi connectivity index (χ3v) is 6.03. The molecule has 0 aliphatic carbocycles. The normalized spacial score (nSPS) is 11.1. The molecular formula is C24H25N3O3S. The second-order valence-corrected chi connectivity index (χ2v) is 9.35. The van der Waals surface area contributed by atoms with Crippen molar-refractivity contribution >= 4 is 27.3 Å². The summed E-state index contributed by atoms with van der Waals surface area (Å²) in [6, 6.07) is 21.5. The molecule has 3 aromatic carbocycles. The molecule has 0 aliphatic heterocycles. The fourth-order valence-electron chi connectivity index (χ4n) is 3.33. The maximum Gasteiger partial charge on any atom is 0.224 e. The number of amides is 1. The first-order chi connectivity index (χ1) is 14.7. The van der Waals surface area contributed by atoms with Crippen molar-refractivity contribution in [3.05, 3.63) is 83.9 Å². The quantitative estimate of drug-likeness (QED) is 0.366. The number of carbonyl (C=O) groups is 1. The number of carbonyl (C=O) groups excluding carboxylic acids is 1. The van der Waals surface area contributed by atoms with E-state index in [-0.39, 0.29) is 16.6 Å². The van der Waals surface area contributed by atoms with Gasteiger partial charge in [-0.2, -0.15) is 0 Å². The molecule has 0 aliphatic rings. The lowest BCUT2D eigenvalue weighted by Crippen LogP contribution is -2.12. The van der Waals surface area contributed by atoms with Crippen molar-refractivity contribution in [2.45, 2.75) is 24.2 Å². The molecule has 7 heteroatoms. The standard InChI is InChI=1S/C24H25N3O3S/c1-31(29,30)22-10-3-2-9-21(22)18-12-14-20(15-13-18)27-23(28)11-5-7-17-6-4-8-19(16-17)24(25)26/h2-4,6,8-10,12-16H,5,7,11H2,1H3,(H3,25,26)(H,27,28). The second-order valence-electron chi connectivity index (χ2n) is 7.36. The van der Waals surface area contributed by atoms with Crippen molar-refractivity contribution < 1.29 is 13.2 Å². The molecule has 3 aromatic rings. The fraction of sp³-hybridized carbons (Fsp3) is 0.167. The molecule has 0 saturated carbocycles. The first kappa shape index (κ1) is 22.2. The Morgan fingerprint density at radius 2 is 1.71 bits per heavy atom. The SMILES string of the molecule is CS(=O)(=O)c1ccccc1-c1ccc(NC(=O)CCCc2cccc(C(=N)N)c2)cc1. The number of rotatable bonds is 8. The predicted molar refractivity (Wildman–Crippen MR) is 124 cm³/mol. The molecule has 0 spiro atoms. The summed E-state index contributed by atoms with van der Waals surface area (Å²) in [4.78, 5) is 12.6. The summed E-state index contributed by atoms with van der Waals surface area (Å²) in [7, 11) is -3.34. The highest BCUT2D eigenvalue weighted by molar-refractivity contribution is 7.90. The largest absolute Gasteiger partial charge is 0.384 e. The van der Waals surface area contributed by atoms with Crippen LogP contribution in [0.15, 0.2) is 77.7 Å². The summed E-state index contributed by atoms with van der Waals surface area (Å²) in [5.74, 6) is -0.0609. The van der Waals surface area contributed by atoms with E-state index in [1.54, 1.807) is 54.6 Å². The zero-order chi connectivity index (χ0) is 22.4. The lowest BCUT2D eigenvalue weighted by molar-refractivity contribution is -0.116. The van der Waals surface area contributed by atoms with Crippen molar-refractivity contribution in [3.8, 4) is 11.1 Å². The van der Waals surface area contributed by atoms with Gasteiger partial charge < -0.3 is 11.1 Å². The topological polar surface area (TPSA) is 113 Å². The molecule has 0 aromatic heterocycles. The molecule has 160 valence electrons. The Bertz CT molecular complexity index is 1200. The molecule has 1 amide bonds. The molecule has 4 N–H and O–H groups in total. The summed E-state index contributed by atoms with van der Waals surface area (Å²) >= 11 is 0. The van der Waals surface area contributed by atoms with Crippen LogP contribution < -0.4 is 11.1 Å². The lowest BCUT2D eigenvalue weighted by Gasteiger charge is -2.10. The van der Waals surface area contributed by atoms with Crippen LogP contribution in [-0.2, 0) is 21.1 Å². The molecule has 0 unspecified atom stereocenters. The van der Waals surface area contributed by atoms with Crippen molar-refractivity contribution in [1.82, 2.24) is 0 Å². The summed E-state index contributed by atoms with van der Waals surface area (Å²) in [5.41, 5.74) is 9.29. The number of nitrogen functional groups attached to an aromatic ring is 1. The number of sulfone groups is 1. The average Bonchev–Trinajstić information content (AvgIpc) is 2.74. The maximum absolute atomic E-state index is 12.3. The first-order valence-electron chi connectivity index (χ1n) is 9.87. The molecule has 0 atom stereocenters. The number of anilines is 1. The number of nitrogens with one attached hydrogen (secondary N) is 2. The van der Waals surface area contributed by atoms with Crippen molar-refractivity contribution in [2.75, 3.05) is 11.6 Å². The molecule has 31 heavy (non-hydrogen) atoms. The molecule has 0 bridgehead atoms. The van der Waals surface area contributed by atoms with Crippen LogP contribution in [0.1, 0.15) is 24.0 Å². The van der Waals surface area contributed by atoms with E-state index in [2.05, 4.69) is 5.32 Å². The van der Waals surface area contributed by atoms with Crippen molar-refractivity contribution in [2.24, 2.45) is 5.73 Å². The molecule has 0 radical (unpaired) electrons. The minimum absolute atomic E-state index is 0.0298. The highest BCUT2D eigenvalue weighted by atomic mass is 32.2. The van der Waals surface area contributed by atoms with Gasteiger partial charge in [0.25, 0.3) is 0 Å². The van der Waals surface area contributed by atoms with E-state index in [1.165, 1.54) is 6.26 Å². The maximum atomic E-state index is 12.3. The van der Waals surface area contributed by atoms with Crippen LogP contribution in [0.4, 0.5) is 5.69 Å². The third-order valence-electron chi connectivity index (χ3n) is 4.87. The fourth-order valence-corrected chi connectivity index (χ4v) is 4.24. The third kappa shape index (κ3) is 6.02. The summed E-state index contributed by atoms with van der Waals surface area (Å²) in [5, 5.41) is 10.4. The minimum Gasteiger partial charge on any atom is -0.384 e. The van der Waals surface area contributed by atoms with Gasteiger partial charge in [0, 0.05) is 29.5 Å². The molecule has 6 nitrogen and oxygen atoms in total. The van der Waals surface area contributed by atoms with Crippen molar-refractivity contribution in [1.29, 1.82) is 5.41 Å². The van der Waals surface area contributed by atoms with E-state index < -0.39 is 9.84 Å². The van der Waals surface area contributed by atoms with Crippen LogP contribution in [0.5, 0.6) is 0 Å². The smallest absolute Gasteiger partial charge is 0.224 e. The van der Waals surface area contributed by atoms with Crippen LogP contribution in [-0.4, -0.2) is 26.4 Å². The predicted octanol–water partition coefficient (Wildman–Crippen LogP) is 4.00. The van der Waals surface area contributed by atoms with Crippen LogP contribution in [0.25, 0.3) is 11.1 Å². The summed E-state index contributed by atoms with van der Waals surface area (Å²) < 4.78 is 24.0. The number of hydrogen-bond donors (Lipinski definition) is 3. The highest BCUT2D eigenvalue weighted by Gasteiger charge is 2.14. The van der Waals surface area contributed by atoms with E-state index in [1.807, 2.05) is 18.2 Å². The van der Waals surface area contributed by atoms with Gasteiger partial charge >= 0.3 is 0 Å². The average molecular weight is 436 g/mol. The Morgan fingerprint density at radius 3 is 2.39 bits per heavy atom. The van der Waals surface area contributed by atoms with Crippen LogP contribution in [0, 0.1) is 5.41 Å². The summed E-state index contributed by atoms with van der Waals surface area (Å²) in [6.45, 7) is 0. The second kappa shape index (κ2) is 9.57. The van der Waals surface area contributed by atoms with Crippen LogP contribution in [0.2, 0.25) is 0 Å². The number of benzene rings is 3. The number of amidine groups is 1. The van der Waals surface area contributed by atoms with E-state index >= 15 is 0 Å². The Hall–Kier alpha value is -3.45. The van der Waals surface area contributed by atoms with Gasteiger partial charge in [-0.05, 0) is 48.2 Å². The first-order valence-corrected chi connectivity index (χ1v) is 11.8. The molecule has 0 fully saturated rings. The van der Waals surface area contributed by atoms with Crippen LogP contribution >= 0.6 is 0 Å². The zero-order valence-electron chi connectivity index (χ0n) is 17.3. The Labute approximate surface area is 182 Å². The summed E-state index contributed by atoms with van der Waals surface area (Å²) in [6.07, 6.45) is 2.95. The number of nitrogens with two attached hydrogens (primary N) is 1. The number of aryl methyl sites for hydroxylation is 1. The molecule has 0 saturated heterocycles. The van der Waals surface area contributed by atoms with E-state index in [4.69, 9.17) is 11.1 Å². The van der Waals surface area contributed by atoms with E-state index in [0.717, 1.165) is 17.5 Å². The van der Waals surface area contributed by atoms with Gasteiger partial charge in [-0.3, -0.25) is 10.2 Å². The van der Waals surface area contributed by atoms with Gasteiger partial charge in [-0.15, -0.1) is 0 Å². The Kier molecular flexibility index (Phi) is 6.87. The Balaban J connectivity index is 1.59. The lowest BCUT2D eigenvalue weighted by atomic mass is 10.0. The van der Waals surface area contributed by atoms with E-state index in [0.29, 0.717) is 29.7 Å². The van der Waals surface area contributed by atoms with E-state index in [9.17, 15) is 13.2 Å². The van der Waals surface area contributed by atoms with Gasteiger partial charge in [-0.1, -0.05) is 48.5 Å². The molecule has 0 heterocycles. The minimum atomic E-state index is -3.34. The molecular weight excluding hydrogens is 410 g/mol. The van der Waals surface area contributed by atoms with Crippen molar-refractivity contribution in [3.63, 3.8) is 0 Å². The zero-order valence-corrected chi connectivity index (χ0v) is 18.1. The van der Waals surface area contributed by atoms with Gasteiger partial charge in [0.15, 0.2) is 9.84 Å². The monoisotopic (exact) mass is 435 g/mol. The van der Waals surface area contributed by atoms with Gasteiger partial charge in [0.05, 0.1) is 4.90 Å². The van der Waals surface area contributed by atoms with Gasteiger partial charge in [-0.25, -0.2) is 8.42 Å². The Morgan fingerprint density at radius 1 is 1.00 bits per heavy atom. The van der Waals surface area contributed by atoms with Gasteiger partial charge in [0.1, 0.15) is 5.84 Å². The number of hydrogen-bond acceptors (Lipinski definition) is 4. The van der Waals surface area contributed by atoms with Gasteiger partial charge in [0.2, 0.25) is 5.91 Å². The molecule has 3 rings (SSSR count).